The maximum atomic E-state index is 13.3. The summed E-state index contributed by atoms with van der Waals surface area (Å²) >= 11 is 0. The van der Waals surface area contributed by atoms with E-state index in [1.165, 1.54) is 12.1 Å². The smallest absolute Gasteiger partial charge is 0.126 e. The van der Waals surface area contributed by atoms with E-state index in [1.807, 2.05) is 37.9 Å². The van der Waals surface area contributed by atoms with Gasteiger partial charge in [0, 0.05) is 19.7 Å². The predicted octanol–water partition coefficient (Wildman–Crippen LogP) is 4.78. The molecule has 0 unspecified atom stereocenters. The molecular formula is C19H22F2N2. The standard InChI is InChI=1S/C19H22F2N2/c1-5-23(4)12-22-18-6-13(2)19(14(3)7-18)10-15-8-16(20)11-17(21)9-15/h6-9,11-12H,5,10H2,1-4H3. The van der Waals surface area contributed by atoms with E-state index < -0.39 is 11.6 Å². The van der Waals surface area contributed by atoms with Crippen molar-refractivity contribution in [3.05, 3.63) is 64.2 Å². The second-order valence-electron chi connectivity index (χ2n) is 5.83. The zero-order chi connectivity index (χ0) is 17.0. The molecule has 2 aromatic carbocycles. The molecule has 23 heavy (non-hydrogen) atoms. The van der Waals surface area contributed by atoms with Crippen LogP contribution >= 0.6 is 0 Å². The molecule has 2 aromatic rings. The molecule has 0 radical (unpaired) electrons. The molecule has 0 aliphatic rings. The molecule has 0 aromatic heterocycles. The molecule has 2 rings (SSSR count). The van der Waals surface area contributed by atoms with Crippen molar-refractivity contribution in [3.63, 3.8) is 0 Å². The summed E-state index contributed by atoms with van der Waals surface area (Å²) in [6, 6.07) is 7.65. The van der Waals surface area contributed by atoms with Crippen molar-refractivity contribution < 1.29 is 8.78 Å². The van der Waals surface area contributed by atoms with Crippen LogP contribution in [0.3, 0.4) is 0 Å². The van der Waals surface area contributed by atoms with Gasteiger partial charge in [-0.3, -0.25) is 0 Å². The third-order valence-corrected chi connectivity index (χ3v) is 3.89. The van der Waals surface area contributed by atoms with Gasteiger partial charge in [0.05, 0.1) is 12.0 Å². The number of benzene rings is 2. The summed E-state index contributed by atoms with van der Waals surface area (Å²) in [6.45, 7) is 6.95. The molecule has 0 aliphatic heterocycles. The average molecular weight is 316 g/mol. The van der Waals surface area contributed by atoms with Gasteiger partial charge in [-0.25, -0.2) is 13.8 Å². The molecule has 0 fully saturated rings. The second kappa shape index (κ2) is 7.36. The second-order valence-corrected chi connectivity index (χ2v) is 5.83. The third-order valence-electron chi connectivity index (χ3n) is 3.89. The highest BCUT2D eigenvalue weighted by Gasteiger charge is 2.08. The number of hydrogen-bond donors (Lipinski definition) is 0. The first-order chi connectivity index (χ1) is 10.9. The van der Waals surface area contributed by atoms with E-state index in [1.54, 1.807) is 6.34 Å². The fourth-order valence-electron chi connectivity index (χ4n) is 2.49. The lowest BCUT2D eigenvalue weighted by molar-refractivity contribution is 0.552. The summed E-state index contributed by atoms with van der Waals surface area (Å²) in [5, 5.41) is 0. The maximum Gasteiger partial charge on any atom is 0.126 e. The summed E-state index contributed by atoms with van der Waals surface area (Å²) in [4.78, 5) is 6.45. The van der Waals surface area contributed by atoms with Crippen molar-refractivity contribution in [1.82, 2.24) is 4.90 Å². The van der Waals surface area contributed by atoms with Crippen molar-refractivity contribution >= 4 is 12.0 Å². The first-order valence-corrected chi connectivity index (χ1v) is 7.68. The largest absolute Gasteiger partial charge is 0.366 e. The van der Waals surface area contributed by atoms with E-state index >= 15 is 0 Å². The van der Waals surface area contributed by atoms with E-state index in [0.29, 0.717) is 12.0 Å². The van der Waals surface area contributed by atoms with Crippen molar-refractivity contribution in [2.24, 2.45) is 4.99 Å². The van der Waals surface area contributed by atoms with Crippen LogP contribution in [0, 0.1) is 25.5 Å². The van der Waals surface area contributed by atoms with Crippen LogP contribution in [0.2, 0.25) is 0 Å². The Labute approximate surface area is 136 Å². The molecule has 0 saturated heterocycles. The predicted molar refractivity (Wildman–Crippen MR) is 91.5 cm³/mol. The molecule has 0 heterocycles. The first-order valence-electron chi connectivity index (χ1n) is 7.68. The molecule has 4 heteroatoms. The van der Waals surface area contributed by atoms with Crippen LogP contribution in [-0.4, -0.2) is 24.8 Å². The van der Waals surface area contributed by atoms with Gasteiger partial charge in [0.2, 0.25) is 0 Å². The minimum absolute atomic E-state index is 0.505. The molecule has 0 bridgehead atoms. The lowest BCUT2D eigenvalue weighted by atomic mass is 9.95. The zero-order valence-corrected chi connectivity index (χ0v) is 14.0. The summed E-state index contributed by atoms with van der Waals surface area (Å²) < 4.78 is 26.7. The Morgan fingerprint density at radius 2 is 1.57 bits per heavy atom. The Hall–Kier alpha value is -2.23. The van der Waals surface area contributed by atoms with Crippen molar-refractivity contribution in [2.45, 2.75) is 27.2 Å². The number of aryl methyl sites for hydroxylation is 2. The van der Waals surface area contributed by atoms with E-state index in [-0.39, 0.29) is 0 Å². The maximum absolute atomic E-state index is 13.3. The molecule has 0 atom stereocenters. The fourth-order valence-corrected chi connectivity index (χ4v) is 2.49. The molecule has 2 nitrogen and oxygen atoms in total. The monoisotopic (exact) mass is 316 g/mol. The number of nitrogens with zero attached hydrogens (tertiary/aromatic N) is 2. The third kappa shape index (κ3) is 4.62. The van der Waals surface area contributed by atoms with Gasteiger partial charge in [-0.1, -0.05) is 0 Å². The molecular weight excluding hydrogens is 294 g/mol. The van der Waals surface area contributed by atoms with Gasteiger partial charge in [0.15, 0.2) is 0 Å². The highest BCUT2D eigenvalue weighted by molar-refractivity contribution is 5.62. The van der Waals surface area contributed by atoms with Gasteiger partial charge in [0.1, 0.15) is 11.6 Å². The van der Waals surface area contributed by atoms with Gasteiger partial charge in [-0.15, -0.1) is 0 Å². The van der Waals surface area contributed by atoms with E-state index in [9.17, 15) is 8.78 Å². The van der Waals surface area contributed by atoms with Gasteiger partial charge < -0.3 is 4.90 Å². The summed E-state index contributed by atoms with van der Waals surface area (Å²) in [5.74, 6) is -1.08. The lowest BCUT2D eigenvalue weighted by Crippen LogP contribution is -2.14. The Bertz CT molecular complexity index is 680. The molecule has 0 N–H and O–H groups in total. The van der Waals surface area contributed by atoms with Crippen molar-refractivity contribution in [3.8, 4) is 0 Å². The topological polar surface area (TPSA) is 15.6 Å². The summed E-state index contributed by atoms with van der Waals surface area (Å²) in [5.41, 5.74) is 4.74. The molecule has 0 spiro atoms. The van der Waals surface area contributed by atoms with Crippen LogP contribution in [0.25, 0.3) is 0 Å². The number of rotatable bonds is 5. The quantitative estimate of drug-likeness (QED) is 0.572. The van der Waals surface area contributed by atoms with Gasteiger partial charge in [0.25, 0.3) is 0 Å². The summed E-state index contributed by atoms with van der Waals surface area (Å²) in [6.07, 6.45) is 2.31. The average Bonchev–Trinajstić information content (AvgIpc) is 2.47. The lowest BCUT2D eigenvalue weighted by Gasteiger charge is -2.13. The minimum atomic E-state index is -0.542. The number of aliphatic imine (C=N–C) groups is 1. The van der Waals surface area contributed by atoms with Gasteiger partial charge >= 0.3 is 0 Å². The molecule has 0 saturated carbocycles. The van der Waals surface area contributed by atoms with Crippen LogP contribution in [0.15, 0.2) is 35.3 Å². The normalized spacial score (nSPS) is 11.2. The number of halogens is 2. The zero-order valence-electron chi connectivity index (χ0n) is 14.0. The van der Waals surface area contributed by atoms with Crippen molar-refractivity contribution in [2.75, 3.05) is 13.6 Å². The molecule has 0 amide bonds. The van der Waals surface area contributed by atoms with Crippen molar-refractivity contribution in [1.29, 1.82) is 0 Å². The highest BCUT2D eigenvalue weighted by atomic mass is 19.1. The fraction of sp³-hybridized carbons (Fsp3) is 0.316. The summed E-state index contributed by atoms with van der Waals surface area (Å²) in [7, 11) is 1.97. The highest BCUT2D eigenvalue weighted by Crippen LogP contribution is 2.25. The molecule has 122 valence electrons. The van der Waals surface area contributed by atoms with Crippen LogP contribution in [0.1, 0.15) is 29.2 Å². The SMILES string of the molecule is CCN(C)C=Nc1cc(C)c(Cc2cc(F)cc(F)c2)c(C)c1. The van der Waals surface area contributed by atoms with E-state index in [2.05, 4.69) is 11.9 Å². The number of hydrogen-bond acceptors (Lipinski definition) is 1. The Balaban J connectivity index is 2.28. The van der Waals surface area contributed by atoms with E-state index in [0.717, 1.165) is 35.0 Å². The van der Waals surface area contributed by atoms with Crippen LogP contribution < -0.4 is 0 Å². The Morgan fingerprint density at radius 3 is 2.09 bits per heavy atom. The Kier molecular flexibility index (Phi) is 5.48. The minimum Gasteiger partial charge on any atom is -0.366 e. The van der Waals surface area contributed by atoms with Gasteiger partial charge in [-0.05, 0) is 73.7 Å². The Morgan fingerprint density at radius 1 is 1.00 bits per heavy atom. The van der Waals surface area contributed by atoms with Crippen LogP contribution in [-0.2, 0) is 6.42 Å². The van der Waals surface area contributed by atoms with Gasteiger partial charge in [-0.2, -0.15) is 0 Å². The first kappa shape index (κ1) is 17.1. The van der Waals surface area contributed by atoms with Crippen LogP contribution in [0.4, 0.5) is 14.5 Å². The van der Waals surface area contributed by atoms with E-state index in [4.69, 9.17) is 0 Å². The van der Waals surface area contributed by atoms with Crippen LogP contribution in [0.5, 0.6) is 0 Å². The molecule has 0 aliphatic carbocycles.